The summed E-state index contributed by atoms with van der Waals surface area (Å²) in [5.74, 6) is 0.787. The van der Waals surface area contributed by atoms with Crippen molar-refractivity contribution in [1.82, 2.24) is 5.32 Å². The van der Waals surface area contributed by atoms with Gasteiger partial charge in [0.05, 0.1) is 17.8 Å². The standard InChI is InChI=1S/C15H17IN2O3/c1-9(2)18-15(19)11(8-17)5-10-6-12(16)14(21-4)13(7-10)20-3/h5-7,9H,1-4H3,(H,18,19)/b11-5-. The van der Waals surface area contributed by atoms with Crippen LogP contribution in [0.3, 0.4) is 0 Å². The average Bonchev–Trinajstić information content (AvgIpc) is 2.43. The van der Waals surface area contributed by atoms with Gasteiger partial charge in [0.25, 0.3) is 5.91 Å². The molecule has 1 rings (SSSR count). The Morgan fingerprint density at radius 2 is 2.05 bits per heavy atom. The number of rotatable bonds is 5. The van der Waals surface area contributed by atoms with Gasteiger partial charge in [-0.3, -0.25) is 4.79 Å². The first kappa shape index (κ1) is 17.3. The van der Waals surface area contributed by atoms with Crippen LogP contribution in [0.4, 0.5) is 0 Å². The summed E-state index contributed by atoms with van der Waals surface area (Å²) in [5, 5.41) is 11.8. The molecule has 1 amide bonds. The van der Waals surface area contributed by atoms with E-state index in [4.69, 9.17) is 14.7 Å². The first-order valence-electron chi connectivity index (χ1n) is 6.27. The molecule has 0 fully saturated rings. The van der Waals surface area contributed by atoms with Gasteiger partial charge < -0.3 is 14.8 Å². The molecule has 21 heavy (non-hydrogen) atoms. The lowest BCUT2D eigenvalue weighted by atomic mass is 10.1. The minimum absolute atomic E-state index is 0.0280. The molecule has 0 bridgehead atoms. The molecule has 0 aromatic heterocycles. The number of hydrogen-bond acceptors (Lipinski definition) is 4. The summed E-state index contributed by atoms with van der Waals surface area (Å²) in [6, 6.07) is 5.43. The molecule has 1 aromatic rings. The van der Waals surface area contributed by atoms with Gasteiger partial charge in [-0.2, -0.15) is 5.26 Å². The third-order valence-corrected chi connectivity index (χ3v) is 3.35. The van der Waals surface area contributed by atoms with Crippen LogP contribution in [0.5, 0.6) is 11.5 Å². The molecule has 1 aromatic carbocycles. The fraction of sp³-hybridized carbons (Fsp3) is 0.333. The second-order valence-electron chi connectivity index (χ2n) is 4.54. The summed E-state index contributed by atoms with van der Waals surface area (Å²) < 4.78 is 11.3. The van der Waals surface area contributed by atoms with E-state index in [1.165, 1.54) is 13.2 Å². The summed E-state index contributed by atoms with van der Waals surface area (Å²) in [6.07, 6.45) is 1.53. The Balaban J connectivity index is 3.21. The average molecular weight is 400 g/mol. The number of carbonyl (C=O) groups excluding carboxylic acids is 1. The van der Waals surface area contributed by atoms with Crippen LogP contribution in [0.2, 0.25) is 0 Å². The fourth-order valence-corrected chi connectivity index (χ4v) is 2.52. The Morgan fingerprint density at radius 1 is 1.38 bits per heavy atom. The van der Waals surface area contributed by atoms with Gasteiger partial charge in [-0.1, -0.05) is 0 Å². The third-order valence-electron chi connectivity index (χ3n) is 2.55. The minimum Gasteiger partial charge on any atom is -0.493 e. The lowest BCUT2D eigenvalue weighted by Gasteiger charge is -2.11. The Kier molecular flexibility index (Phi) is 6.49. The van der Waals surface area contributed by atoms with Crippen molar-refractivity contribution in [2.45, 2.75) is 19.9 Å². The maximum absolute atomic E-state index is 11.9. The van der Waals surface area contributed by atoms with Crippen LogP contribution in [-0.2, 0) is 4.79 Å². The molecular formula is C15H17IN2O3. The second-order valence-corrected chi connectivity index (χ2v) is 5.70. The maximum Gasteiger partial charge on any atom is 0.262 e. The number of amides is 1. The zero-order valence-corrected chi connectivity index (χ0v) is 14.5. The van der Waals surface area contributed by atoms with E-state index in [0.29, 0.717) is 17.1 Å². The van der Waals surface area contributed by atoms with Crippen LogP contribution in [0.1, 0.15) is 19.4 Å². The molecule has 112 valence electrons. The molecule has 0 atom stereocenters. The number of halogens is 1. The molecule has 0 heterocycles. The molecule has 0 aliphatic carbocycles. The van der Waals surface area contributed by atoms with Gasteiger partial charge in [-0.15, -0.1) is 0 Å². The molecule has 0 aliphatic rings. The highest BCUT2D eigenvalue weighted by Crippen LogP contribution is 2.34. The number of ether oxygens (including phenoxy) is 2. The Hall–Kier alpha value is -1.75. The van der Waals surface area contributed by atoms with Gasteiger partial charge in [0.15, 0.2) is 11.5 Å². The highest BCUT2D eigenvalue weighted by Gasteiger charge is 2.13. The number of nitrogens with zero attached hydrogens (tertiary/aromatic N) is 1. The van der Waals surface area contributed by atoms with E-state index < -0.39 is 5.91 Å². The smallest absolute Gasteiger partial charge is 0.262 e. The van der Waals surface area contributed by atoms with Crippen molar-refractivity contribution in [3.8, 4) is 17.6 Å². The van der Waals surface area contributed by atoms with Crippen molar-refractivity contribution in [2.75, 3.05) is 14.2 Å². The molecule has 5 nitrogen and oxygen atoms in total. The zero-order valence-electron chi connectivity index (χ0n) is 12.4. The largest absolute Gasteiger partial charge is 0.493 e. The second kappa shape index (κ2) is 7.88. The molecule has 1 N–H and O–H groups in total. The van der Waals surface area contributed by atoms with Crippen molar-refractivity contribution in [3.05, 3.63) is 26.8 Å². The number of carbonyl (C=O) groups is 1. The number of hydrogen-bond donors (Lipinski definition) is 1. The number of methoxy groups -OCH3 is 2. The summed E-state index contributed by atoms with van der Waals surface area (Å²) in [4.78, 5) is 11.9. The highest BCUT2D eigenvalue weighted by molar-refractivity contribution is 14.1. The zero-order chi connectivity index (χ0) is 16.0. The van der Waals surface area contributed by atoms with Crippen LogP contribution in [0.15, 0.2) is 17.7 Å². The Morgan fingerprint density at radius 3 is 2.52 bits per heavy atom. The monoisotopic (exact) mass is 400 g/mol. The van der Waals surface area contributed by atoms with Crippen LogP contribution in [0.25, 0.3) is 6.08 Å². The normalized spacial score (nSPS) is 11.0. The van der Waals surface area contributed by atoms with Crippen LogP contribution < -0.4 is 14.8 Å². The molecule has 0 spiro atoms. The van der Waals surface area contributed by atoms with E-state index in [1.807, 2.05) is 26.0 Å². The summed E-state index contributed by atoms with van der Waals surface area (Å²) >= 11 is 2.11. The van der Waals surface area contributed by atoms with E-state index in [0.717, 1.165) is 3.57 Å². The Bertz CT molecular complexity index is 604. The predicted octanol–water partition coefficient (Wildman–Crippen LogP) is 2.74. The van der Waals surface area contributed by atoms with Gasteiger partial charge in [-0.05, 0) is 60.2 Å². The van der Waals surface area contributed by atoms with Crippen molar-refractivity contribution < 1.29 is 14.3 Å². The number of nitriles is 1. The quantitative estimate of drug-likeness (QED) is 0.469. The van der Waals surface area contributed by atoms with E-state index in [9.17, 15) is 4.79 Å². The van der Waals surface area contributed by atoms with Gasteiger partial charge in [0.2, 0.25) is 0 Å². The van der Waals surface area contributed by atoms with E-state index in [2.05, 4.69) is 27.9 Å². The first-order chi connectivity index (χ1) is 9.92. The third kappa shape index (κ3) is 4.63. The molecule has 0 saturated heterocycles. The van der Waals surface area contributed by atoms with Gasteiger partial charge in [0, 0.05) is 6.04 Å². The van der Waals surface area contributed by atoms with Crippen LogP contribution in [0, 0.1) is 14.9 Å². The fourth-order valence-electron chi connectivity index (χ4n) is 1.68. The van der Waals surface area contributed by atoms with E-state index in [-0.39, 0.29) is 11.6 Å². The van der Waals surface area contributed by atoms with Crippen molar-refractivity contribution >= 4 is 34.6 Å². The SMILES string of the molecule is COc1cc(/C=C(/C#N)C(=O)NC(C)C)cc(I)c1OC. The molecular weight excluding hydrogens is 383 g/mol. The number of benzene rings is 1. The van der Waals surface area contributed by atoms with Crippen LogP contribution >= 0.6 is 22.6 Å². The van der Waals surface area contributed by atoms with Crippen molar-refractivity contribution in [3.63, 3.8) is 0 Å². The lowest BCUT2D eigenvalue weighted by molar-refractivity contribution is -0.117. The molecule has 0 saturated carbocycles. The van der Waals surface area contributed by atoms with Crippen LogP contribution in [-0.4, -0.2) is 26.2 Å². The molecule has 6 heteroatoms. The molecule has 0 radical (unpaired) electrons. The Labute approximate surface area is 138 Å². The number of nitrogens with one attached hydrogen (secondary N) is 1. The van der Waals surface area contributed by atoms with Gasteiger partial charge in [0.1, 0.15) is 11.6 Å². The molecule has 0 aliphatic heterocycles. The van der Waals surface area contributed by atoms with Crippen molar-refractivity contribution in [1.29, 1.82) is 5.26 Å². The first-order valence-corrected chi connectivity index (χ1v) is 7.35. The molecule has 0 unspecified atom stereocenters. The van der Waals surface area contributed by atoms with Gasteiger partial charge >= 0.3 is 0 Å². The van der Waals surface area contributed by atoms with E-state index >= 15 is 0 Å². The van der Waals surface area contributed by atoms with Crippen molar-refractivity contribution in [2.24, 2.45) is 0 Å². The van der Waals surface area contributed by atoms with E-state index in [1.54, 1.807) is 13.2 Å². The lowest BCUT2D eigenvalue weighted by Crippen LogP contribution is -2.30. The summed E-state index contributed by atoms with van der Waals surface area (Å²) in [5.41, 5.74) is 0.749. The predicted molar refractivity (Wildman–Crippen MR) is 89.1 cm³/mol. The summed E-state index contributed by atoms with van der Waals surface area (Å²) in [6.45, 7) is 3.68. The minimum atomic E-state index is -0.391. The summed E-state index contributed by atoms with van der Waals surface area (Å²) in [7, 11) is 3.10. The highest BCUT2D eigenvalue weighted by atomic mass is 127. The van der Waals surface area contributed by atoms with Gasteiger partial charge in [-0.25, -0.2) is 0 Å². The topological polar surface area (TPSA) is 71.3 Å². The maximum atomic E-state index is 11.9.